The van der Waals surface area contributed by atoms with Crippen LogP contribution in [0.2, 0.25) is 0 Å². The number of likely N-dealkylation sites (N-methyl/N-ethyl adjacent to an activating group) is 2. The monoisotopic (exact) mass is 346 g/mol. The highest BCUT2D eigenvalue weighted by molar-refractivity contribution is 5.88. The fourth-order valence-electron chi connectivity index (χ4n) is 2.59. The normalized spacial score (nSPS) is 11.8. The number of carbonyl (C=O) groups excluding carboxylic acids is 1. The van der Waals surface area contributed by atoms with Gasteiger partial charge in [-0.3, -0.25) is 4.79 Å². The van der Waals surface area contributed by atoms with Crippen LogP contribution in [0.4, 0.5) is 6.01 Å². The summed E-state index contributed by atoms with van der Waals surface area (Å²) in [5.74, 6) is -0.108. The van der Waals surface area contributed by atoms with E-state index >= 15 is 0 Å². The minimum absolute atomic E-state index is 0.0439. The zero-order chi connectivity index (χ0) is 18.8. The molecule has 1 amide bonds. The molecule has 0 aliphatic rings. The van der Waals surface area contributed by atoms with Crippen molar-refractivity contribution in [3.63, 3.8) is 0 Å². The predicted molar refractivity (Wildman–Crippen MR) is 98.9 cm³/mol. The van der Waals surface area contributed by atoms with Crippen LogP contribution in [0, 0.1) is 6.92 Å². The molecule has 0 radical (unpaired) electrons. The molecule has 0 aliphatic carbocycles. The van der Waals surface area contributed by atoms with Crippen LogP contribution in [0.15, 0.2) is 27.4 Å². The Morgan fingerprint density at radius 3 is 2.56 bits per heavy atom. The summed E-state index contributed by atoms with van der Waals surface area (Å²) in [6, 6.07) is 5.46. The van der Waals surface area contributed by atoms with E-state index in [2.05, 4.69) is 10.3 Å². The Bertz CT molecular complexity index is 827. The van der Waals surface area contributed by atoms with E-state index in [4.69, 9.17) is 4.42 Å². The predicted octanol–water partition coefficient (Wildman–Crippen LogP) is 1.71. The Hall–Kier alpha value is -2.41. The van der Waals surface area contributed by atoms with Gasteiger partial charge in [-0.15, -0.1) is 0 Å². The lowest BCUT2D eigenvalue weighted by molar-refractivity contribution is -0.133. The Balaban J connectivity index is 2.24. The van der Waals surface area contributed by atoms with Crippen LogP contribution in [-0.2, 0) is 4.79 Å². The fraction of sp³-hybridized carbons (Fsp3) is 0.500. The maximum atomic E-state index is 12.7. The molecule has 0 atom stereocenters. The molecule has 1 heterocycles. The van der Waals surface area contributed by atoms with Crippen LogP contribution in [-0.4, -0.2) is 60.5 Å². The molecule has 0 fully saturated rings. The summed E-state index contributed by atoms with van der Waals surface area (Å²) in [5, 5.41) is 3.42. The minimum atomic E-state index is -0.957. The van der Waals surface area contributed by atoms with Gasteiger partial charge in [0, 0.05) is 20.1 Å². The number of fused-ring (bicyclic) bond motifs is 1. The molecule has 1 aromatic carbocycles. The largest absolute Gasteiger partial charge is 0.389 e. The zero-order valence-electron chi connectivity index (χ0n) is 15.7. The first-order chi connectivity index (χ1) is 11.6. The maximum absolute atomic E-state index is 12.7. The van der Waals surface area contributed by atoms with E-state index in [1.54, 1.807) is 31.9 Å². The second-order valence-corrected chi connectivity index (χ2v) is 7.06. The van der Waals surface area contributed by atoms with E-state index in [-0.39, 0.29) is 11.9 Å². The van der Waals surface area contributed by atoms with Crippen LogP contribution >= 0.6 is 0 Å². The summed E-state index contributed by atoms with van der Waals surface area (Å²) in [6.07, 6.45) is 0. The Morgan fingerprint density at radius 1 is 1.24 bits per heavy atom. The van der Waals surface area contributed by atoms with Gasteiger partial charge in [0.2, 0.25) is 5.91 Å². The van der Waals surface area contributed by atoms with Crippen molar-refractivity contribution in [2.75, 3.05) is 39.5 Å². The fourth-order valence-corrected chi connectivity index (χ4v) is 2.59. The molecule has 2 aromatic rings. The summed E-state index contributed by atoms with van der Waals surface area (Å²) in [5.41, 5.74) is -0.0663. The van der Waals surface area contributed by atoms with E-state index in [0.717, 1.165) is 12.1 Å². The number of nitrogens with one attached hydrogen (secondary N) is 1. The van der Waals surface area contributed by atoms with Crippen molar-refractivity contribution in [1.82, 2.24) is 14.8 Å². The molecule has 0 saturated heterocycles. The number of aromatic nitrogens is 1. The number of amides is 1. The Morgan fingerprint density at radius 2 is 1.92 bits per heavy atom. The van der Waals surface area contributed by atoms with Gasteiger partial charge in [0.15, 0.2) is 0 Å². The lowest BCUT2D eigenvalue weighted by Crippen LogP contribution is -2.50. The van der Waals surface area contributed by atoms with Crippen molar-refractivity contribution >= 4 is 22.8 Å². The minimum Gasteiger partial charge on any atom is -0.389 e. The van der Waals surface area contributed by atoms with Crippen LogP contribution in [0.25, 0.3) is 10.9 Å². The highest BCUT2D eigenvalue weighted by Gasteiger charge is 2.31. The summed E-state index contributed by atoms with van der Waals surface area (Å²) >= 11 is 0. The van der Waals surface area contributed by atoms with Crippen LogP contribution in [0.5, 0.6) is 0 Å². The van der Waals surface area contributed by atoms with E-state index < -0.39 is 11.2 Å². The number of hydrogen-bond donors (Lipinski definition) is 1. The number of aryl methyl sites for hydroxylation is 1. The molecule has 1 aromatic heterocycles. The van der Waals surface area contributed by atoms with Gasteiger partial charge in [0.25, 0.3) is 6.01 Å². The zero-order valence-corrected chi connectivity index (χ0v) is 15.7. The van der Waals surface area contributed by atoms with Crippen LogP contribution < -0.4 is 10.9 Å². The van der Waals surface area contributed by atoms with Gasteiger partial charge >= 0.3 is 5.63 Å². The highest BCUT2D eigenvalue weighted by atomic mass is 16.4. The smallest absolute Gasteiger partial charge is 0.348 e. The number of rotatable bonds is 6. The van der Waals surface area contributed by atoms with E-state index in [9.17, 15) is 9.59 Å². The Kier molecular flexibility index (Phi) is 5.47. The quantitative estimate of drug-likeness (QED) is 0.858. The third kappa shape index (κ3) is 4.36. The van der Waals surface area contributed by atoms with Crippen molar-refractivity contribution in [3.8, 4) is 0 Å². The molecule has 2 rings (SSSR count). The van der Waals surface area contributed by atoms with Crippen LogP contribution in [0.3, 0.4) is 0 Å². The molecule has 25 heavy (non-hydrogen) atoms. The highest BCUT2D eigenvalue weighted by Crippen LogP contribution is 2.18. The molecule has 7 nitrogen and oxygen atoms in total. The molecule has 0 bridgehead atoms. The van der Waals surface area contributed by atoms with E-state index in [1.807, 2.05) is 38.1 Å². The summed E-state index contributed by atoms with van der Waals surface area (Å²) < 4.78 is 5.28. The number of hydrogen-bond acceptors (Lipinski definition) is 6. The number of carbonyl (C=O) groups is 1. The third-order valence-electron chi connectivity index (χ3n) is 4.05. The van der Waals surface area contributed by atoms with Gasteiger partial charge in [-0.25, -0.2) is 4.79 Å². The molecule has 136 valence electrons. The first-order valence-corrected chi connectivity index (χ1v) is 8.21. The van der Waals surface area contributed by atoms with Gasteiger partial charge in [-0.2, -0.15) is 4.98 Å². The lowest BCUT2D eigenvalue weighted by Gasteiger charge is -2.30. The summed E-state index contributed by atoms with van der Waals surface area (Å²) in [7, 11) is 5.66. The molecular weight excluding hydrogens is 320 g/mol. The summed E-state index contributed by atoms with van der Waals surface area (Å²) in [4.78, 5) is 32.9. The topological polar surface area (TPSA) is 78.7 Å². The van der Waals surface area contributed by atoms with Gasteiger partial charge in [0.05, 0.1) is 10.9 Å². The van der Waals surface area contributed by atoms with Gasteiger partial charge in [-0.1, -0.05) is 12.1 Å². The number of benzene rings is 1. The first kappa shape index (κ1) is 18.9. The standard InChI is InChI=1S/C18H26N4O3/c1-12-8-7-9-13-14(12)15(23)25-17(19-13)20-18(2,3)16(24)22(6)11-10-21(4)5/h7-9H,10-11H2,1-6H3,(H,19,20). The van der Waals surface area contributed by atoms with Crippen molar-refractivity contribution < 1.29 is 9.21 Å². The van der Waals surface area contributed by atoms with Crippen molar-refractivity contribution in [3.05, 3.63) is 34.2 Å². The number of anilines is 1. The molecule has 0 spiro atoms. The Labute approximate surface area is 147 Å². The van der Waals surface area contributed by atoms with Gasteiger partial charge in [-0.05, 0) is 46.5 Å². The molecule has 0 saturated carbocycles. The second-order valence-electron chi connectivity index (χ2n) is 7.06. The average molecular weight is 346 g/mol. The molecule has 1 N–H and O–H groups in total. The first-order valence-electron chi connectivity index (χ1n) is 8.21. The number of nitrogens with zero attached hydrogens (tertiary/aromatic N) is 3. The van der Waals surface area contributed by atoms with Gasteiger partial charge in [0.1, 0.15) is 5.54 Å². The maximum Gasteiger partial charge on any atom is 0.348 e. The molecule has 0 unspecified atom stereocenters. The summed E-state index contributed by atoms with van der Waals surface area (Å²) in [6.45, 7) is 6.68. The molecule has 0 aliphatic heterocycles. The van der Waals surface area contributed by atoms with Gasteiger partial charge < -0.3 is 19.5 Å². The van der Waals surface area contributed by atoms with Crippen LogP contribution in [0.1, 0.15) is 19.4 Å². The molecular formula is C18H26N4O3. The SMILES string of the molecule is Cc1cccc2nc(NC(C)(C)C(=O)N(C)CCN(C)C)oc(=O)c12. The van der Waals surface area contributed by atoms with E-state index in [1.165, 1.54) is 0 Å². The average Bonchev–Trinajstić information content (AvgIpc) is 2.51. The second kappa shape index (κ2) is 7.23. The lowest BCUT2D eigenvalue weighted by atomic mass is 10.0. The third-order valence-corrected chi connectivity index (χ3v) is 4.05. The molecule has 7 heteroatoms. The van der Waals surface area contributed by atoms with Crippen molar-refractivity contribution in [1.29, 1.82) is 0 Å². The van der Waals surface area contributed by atoms with Crippen molar-refractivity contribution in [2.24, 2.45) is 0 Å². The van der Waals surface area contributed by atoms with E-state index in [0.29, 0.717) is 17.4 Å². The van der Waals surface area contributed by atoms with Crippen molar-refractivity contribution in [2.45, 2.75) is 26.3 Å².